The van der Waals surface area contributed by atoms with Crippen molar-refractivity contribution in [2.75, 3.05) is 32.1 Å². The molecule has 1 aliphatic carbocycles. The number of amides is 1. The quantitative estimate of drug-likeness (QED) is 0.656. The van der Waals surface area contributed by atoms with Crippen LogP contribution in [0.15, 0.2) is 53.3 Å². The third-order valence-corrected chi connectivity index (χ3v) is 6.46. The summed E-state index contributed by atoms with van der Waals surface area (Å²) < 4.78 is 11.1. The maximum absolute atomic E-state index is 12.7. The van der Waals surface area contributed by atoms with Crippen LogP contribution in [0.2, 0.25) is 0 Å². The number of likely N-dealkylation sites (tertiary alicyclic amines) is 1. The van der Waals surface area contributed by atoms with Gasteiger partial charge in [0.2, 0.25) is 17.6 Å². The number of carbonyl (C=O) groups excluding carboxylic acids is 1. The van der Waals surface area contributed by atoms with Crippen LogP contribution in [0.3, 0.4) is 0 Å². The van der Waals surface area contributed by atoms with Crippen LogP contribution < -0.4 is 10.1 Å². The number of carbonyl (C=O) groups is 1. The van der Waals surface area contributed by atoms with Crippen molar-refractivity contribution in [2.24, 2.45) is 5.92 Å². The van der Waals surface area contributed by atoms with Crippen LogP contribution in [0.1, 0.15) is 25.2 Å². The summed E-state index contributed by atoms with van der Waals surface area (Å²) in [7, 11) is 1.60. The Hall–Kier alpha value is -3.26. The number of rotatable bonds is 6. The lowest BCUT2D eigenvalue weighted by atomic mass is 9.80. The molecule has 2 aromatic heterocycles. The Labute approximate surface area is 180 Å². The van der Waals surface area contributed by atoms with Crippen molar-refractivity contribution in [1.29, 1.82) is 0 Å². The van der Waals surface area contributed by atoms with Gasteiger partial charge in [-0.25, -0.2) is 0 Å². The van der Waals surface area contributed by atoms with Crippen molar-refractivity contribution >= 4 is 11.6 Å². The highest BCUT2D eigenvalue weighted by Crippen LogP contribution is 2.50. The highest BCUT2D eigenvalue weighted by Gasteiger charge is 2.54. The Balaban J connectivity index is 1.30. The van der Waals surface area contributed by atoms with E-state index in [0.29, 0.717) is 35.6 Å². The molecule has 1 amide bonds. The van der Waals surface area contributed by atoms with Crippen molar-refractivity contribution in [3.63, 3.8) is 0 Å². The summed E-state index contributed by atoms with van der Waals surface area (Å²) in [6.07, 6.45) is 6.70. The van der Waals surface area contributed by atoms with Gasteiger partial charge >= 0.3 is 0 Å². The number of benzene rings is 1. The summed E-state index contributed by atoms with van der Waals surface area (Å²) in [6.45, 7) is 1.91. The molecular weight excluding hydrogens is 394 g/mol. The molecule has 8 heteroatoms. The summed E-state index contributed by atoms with van der Waals surface area (Å²) in [5, 5.41) is 7.18. The van der Waals surface area contributed by atoms with E-state index in [4.69, 9.17) is 14.2 Å². The van der Waals surface area contributed by atoms with E-state index in [1.807, 2.05) is 36.4 Å². The number of methoxy groups -OCH3 is 1. The van der Waals surface area contributed by atoms with Gasteiger partial charge in [0.05, 0.1) is 24.8 Å². The highest BCUT2D eigenvalue weighted by molar-refractivity contribution is 5.93. The molecule has 1 saturated carbocycles. The fraction of sp³-hybridized carbons (Fsp3) is 0.391. The molecule has 2 fully saturated rings. The van der Waals surface area contributed by atoms with Gasteiger partial charge in [-0.3, -0.25) is 14.7 Å². The Morgan fingerprint density at radius 2 is 2.23 bits per heavy atom. The molecule has 0 radical (unpaired) electrons. The third-order valence-electron chi connectivity index (χ3n) is 6.46. The second-order valence-electron chi connectivity index (χ2n) is 8.33. The first-order chi connectivity index (χ1) is 15.2. The molecule has 1 aromatic carbocycles. The van der Waals surface area contributed by atoms with Gasteiger partial charge in [-0.1, -0.05) is 23.7 Å². The maximum Gasteiger partial charge on any atom is 0.238 e. The number of hydrogen-bond acceptors (Lipinski definition) is 7. The van der Waals surface area contributed by atoms with Crippen LogP contribution in [0.25, 0.3) is 11.4 Å². The molecule has 31 heavy (non-hydrogen) atoms. The largest absolute Gasteiger partial charge is 0.495 e. The van der Waals surface area contributed by atoms with Crippen molar-refractivity contribution in [2.45, 2.75) is 24.7 Å². The zero-order valence-corrected chi connectivity index (χ0v) is 17.5. The average Bonchev–Trinajstić information content (AvgIpc) is 3.49. The average molecular weight is 419 g/mol. The molecule has 160 valence electrons. The van der Waals surface area contributed by atoms with Crippen LogP contribution in [0.5, 0.6) is 5.75 Å². The van der Waals surface area contributed by atoms with E-state index in [9.17, 15) is 4.79 Å². The molecule has 5 rings (SSSR count). The first-order valence-corrected chi connectivity index (χ1v) is 10.6. The first-order valence-electron chi connectivity index (χ1n) is 10.6. The highest BCUT2D eigenvalue weighted by atomic mass is 16.5. The van der Waals surface area contributed by atoms with E-state index in [1.165, 1.54) is 0 Å². The number of nitrogens with zero attached hydrogens (tertiary/aromatic N) is 4. The third kappa shape index (κ3) is 3.67. The summed E-state index contributed by atoms with van der Waals surface area (Å²) in [5.41, 5.74) is 1.34. The Bertz CT molecular complexity index is 1070. The van der Waals surface area contributed by atoms with Crippen LogP contribution in [0.4, 0.5) is 5.69 Å². The minimum absolute atomic E-state index is 0.0544. The number of anilines is 1. The molecule has 0 bridgehead atoms. The van der Waals surface area contributed by atoms with Gasteiger partial charge in [-0.05, 0) is 43.0 Å². The summed E-state index contributed by atoms with van der Waals surface area (Å²) in [4.78, 5) is 23.8. The fourth-order valence-electron chi connectivity index (χ4n) is 5.04. The summed E-state index contributed by atoms with van der Waals surface area (Å²) in [6, 6.07) is 11.2. The number of ether oxygens (including phenoxy) is 1. The molecule has 1 saturated heterocycles. The van der Waals surface area contributed by atoms with E-state index in [0.717, 1.165) is 37.9 Å². The van der Waals surface area contributed by atoms with Gasteiger partial charge in [-0.15, -0.1) is 0 Å². The number of para-hydroxylation sites is 2. The van der Waals surface area contributed by atoms with Gasteiger partial charge < -0.3 is 14.6 Å². The van der Waals surface area contributed by atoms with E-state index in [2.05, 4.69) is 20.4 Å². The summed E-state index contributed by atoms with van der Waals surface area (Å²) in [5.74, 6) is 2.26. The topological polar surface area (TPSA) is 93.4 Å². The Morgan fingerprint density at radius 1 is 1.32 bits per heavy atom. The molecule has 1 N–H and O–H groups in total. The van der Waals surface area contributed by atoms with Crippen LogP contribution in [0, 0.1) is 5.92 Å². The number of nitrogens with one attached hydrogen (secondary N) is 1. The molecule has 2 aliphatic rings. The second-order valence-corrected chi connectivity index (χ2v) is 8.33. The van der Waals surface area contributed by atoms with E-state index >= 15 is 0 Å². The fourth-order valence-corrected chi connectivity index (χ4v) is 5.04. The maximum atomic E-state index is 12.7. The smallest absolute Gasteiger partial charge is 0.238 e. The zero-order chi connectivity index (χ0) is 21.3. The molecule has 2 atom stereocenters. The Morgan fingerprint density at radius 3 is 3.06 bits per heavy atom. The van der Waals surface area contributed by atoms with Gasteiger partial charge in [0.25, 0.3) is 0 Å². The van der Waals surface area contributed by atoms with E-state index in [1.54, 1.807) is 19.5 Å². The predicted molar refractivity (Wildman–Crippen MR) is 115 cm³/mol. The number of pyridine rings is 1. The second kappa shape index (κ2) is 8.11. The molecule has 1 aliphatic heterocycles. The summed E-state index contributed by atoms with van der Waals surface area (Å²) >= 11 is 0. The Kier molecular flexibility index (Phi) is 5.15. The minimum atomic E-state index is -0.182. The van der Waals surface area contributed by atoms with Gasteiger partial charge in [0.15, 0.2) is 0 Å². The SMILES string of the molecule is COc1ccccc1NC(=O)CN1C[C@H]2CCC[C@@]2(c2nc(-c3cccnc3)no2)C1. The van der Waals surface area contributed by atoms with Crippen LogP contribution in [-0.4, -0.2) is 52.7 Å². The molecule has 0 spiro atoms. The van der Waals surface area contributed by atoms with Crippen molar-refractivity contribution in [3.8, 4) is 17.1 Å². The molecule has 8 nitrogen and oxygen atoms in total. The zero-order valence-electron chi connectivity index (χ0n) is 17.5. The number of hydrogen-bond donors (Lipinski definition) is 1. The van der Waals surface area contributed by atoms with Gasteiger partial charge in [-0.2, -0.15) is 4.98 Å². The monoisotopic (exact) mass is 419 g/mol. The lowest BCUT2D eigenvalue weighted by molar-refractivity contribution is -0.117. The normalized spacial score (nSPS) is 22.9. The van der Waals surface area contributed by atoms with Crippen molar-refractivity contribution in [1.82, 2.24) is 20.0 Å². The standard InChI is InChI=1S/C23H25N5O3/c1-30-19-9-3-2-8-18(19)25-20(29)14-28-13-17-7-4-10-23(17,15-28)22-26-21(27-31-22)16-6-5-11-24-12-16/h2-3,5-6,8-9,11-12,17H,4,7,10,13-15H2,1H3,(H,25,29)/t17-,23-/m1/s1. The first kappa shape index (κ1) is 19.7. The van der Waals surface area contributed by atoms with E-state index < -0.39 is 0 Å². The lowest BCUT2D eigenvalue weighted by Gasteiger charge is -2.24. The van der Waals surface area contributed by atoms with Crippen molar-refractivity contribution in [3.05, 3.63) is 54.7 Å². The van der Waals surface area contributed by atoms with E-state index in [-0.39, 0.29) is 11.3 Å². The molecule has 3 heterocycles. The number of aromatic nitrogens is 3. The predicted octanol–water partition coefficient (Wildman–Crippen LogP) is 3.13. The number of fused-ring (bicyclic) bond motifs is 1. The van der Waals surface area contributed by atoms with Crippen LogP contribution in [-0.2, 0) is 10.2 Å². The van der Waals surface area contributed by atoms with Crippen LogP contribution >= 0.6 is 0 Å². The van der Waals surface area contributed by atoms with Gasteiger partial charge in [0.1, 0.15) is 5.75 Å². The molecular formula is C23H25N5O3. The molecule has 0 unspecified atom stereocenters. The van der Waals surface area contributed by atoms with Crippen molar-refractivity contribution < 1.29 is 14.1 Å². The lowest BCUT2D eigenvalue weighted by Crippen LogP contribution is -2.35. The minimum Gasteiger partial charge on any atom is -0.495 e. The van der Waals surface area contributed by atoms with Gasteiger partial charge in [0, 0.05) is 31.0 Å². The molecule has 3 aromatic rings.